The van der Waals surface area contributed by atoms with Gasteiger partial charge in [-0.1, -0.05) is 19.4 Å². The Morgan fingerprint density at radius 1 is 1.41 bits per heavy atom. The molecule has 2 amide bonds. The molecule has 0 aliphatic carbocycles. The van der Waals surface area contributed by atoms with Gasteiger partial charge in [-0.2, -0.15) is 0 Å². The highest BCUT2D eigenvalue weighted by atomic mass is 16.5. The van der Waals surface area contributed by atoms with Crippen LogP contribution in [0.4, 0.5) is 10.6 Å². The highest BCUT2D eigenvalue weighted by molar-refractivity contribution is 5.74. The maximum Gasteiger partial charge on any atom is 0.315 e. The number of amides is 2. The predicted molar refractivity (Wildman–Crippen MR) is 87.0 cm³/mol. The van der Waals surface area contributed by atoms with Crippen LogP contribution in [0.25, 0.3) is 0 Å². The maximum absolute atomic E-state index is 11.8. The average molecular weight is 306 g/mol. The molecule has 1 aromatic heterocycles. The normalized spacial score (nSPS) is 16.2. The third-order valence-corrected chi connectivity index (χ3v) is 3.70. The van der Waals surface area contributed by atoms with Gasteiger partial charge in [-0.15, -0.1) is 0 Å². The number of rotatable bonds is 6. The fraction of sp³-hybridized carbons (Fsp3) is 0.625. The molecule has 22 heavy (non-hydrogen) atoms. The largest absolute Gasteiger partial charge is 0.378 e. The Kier molecular flexibility index (Phi) is 6.45. The van der Waals surface area contributed by atoms with Crippen molar-refractivity contribution in [3.8, 4) is 0 Å². The van der Waals surface area contributed by atoms with Gasteiger partial charge in [0.05, 0.1) is 13.2 Å². The van der Waals surface area contributed by atoms with E-state index in [1.165, 1.54) is 0 Å². The van der Waals surface area contributed by atoms with Gasteiger partial charge in [0.25, 0.3) is 0 Å². The first-order valence-corrected chi connectivity index (χ1v) is 8.01. The van der Waals surface area contributed by atoms with Crippen LogP contribution in [0.1, 0.15) is 32.3 Å². The first-order chi connectivity index (χ1) is 10.7. The molecule has 0 radical (unpaired) electrons. The fourth-order valence-electron chi connectivity index (χ4n) is 2.46. The van der Waals surface area contributed by atoms with Crippen LogP contribution in [0, 0.1) is 0 Å². The minimum atomic E-state index is -0.127. The third-order valence-electron chi connectivity index (χ3n) is 3.70. The van der Waals surface area contributed by atoms with E-state index in [-0.39, 0.29) is 12.1 Å². The number of carbonyl (C=O) groups excluding carboxylic acids is 1. The number of nitrogens with one attached hydrogen (secondary N) is 2. The molecule has 122 valence electrons. The molecule has 2 rings (SSSR count). The van der Waals surface area contributed by atoms with Gasteiger partial charge in [0, 0.05) is 31.9 Å². The van der Waals surface area contributed by atoms with E-state index in [1.54, 1.807) is 0 Å². The molecular formula is C16H26N4O2. The van der Waals surface area contributed by atoms with Crippen molar-refractivity contribution in [2.75, 3.05) is 31.2 Å². The second kappa shape index (κ2) is 8.58. The Hall–Kier alpha value is -1.82. The molecule has 2 heterocycles. The Labute approximate surface area is 132 Å². The summed E-state index contributed by atoms with van der Waals surface area (Å²) >= 11 is 0. The van der Waals surface area contributed by atoms with Crippen molar-refractivity contribution in [3.05, 3.63) is 23.9 Å². The second-order valence-corrected chi connectivity index (χ2v) is 5.64. The lowest BCUT2D eigenvalue weighted by atomic mass is 10.2. The van der Waals surface area contributed by atoms with Crippen molar-refractivity contribution in [3.63, 3.8) is 0 Å². The molecule has 1 fully saturated rings. The third kappa shape index (κ3) is 5.18. The summed E-state index contributed by atoms with van der Waals surface area (Å²) in [4.78, 5) is 18.4. The minimum absolute atomic E-state index is 0.127. The minimum Gasteiger partial charge on any atom is -0.378 e. The molecule has 1 aliphatic rings. The number of carbonyl (C=O) groups is 1. The quantitative estimate of drug-likeness (QED) is 0.842. The molecule has 0 saturated carbocycles. The van der Waals surface area contributed by atoms with E-state index in [1.807, 2.05) is 25.3 Å². The first kappa shape index (κ1) is 16.5. The van der Waals surface area contributed by atoms with Crippen LogP contribution in [0.2, 0.25) is 0 Å². The number of hydrogen-bond donors (Lipinski definition) is 2. The SMILES string of the molecule is CCCC(C)NC(=O)NCc1ccc(N2CCOCC2)nc1. The lowest BCUT2D eigenvalue weighted by Gasteiger charge is -2.27. The summed E-state index contributed by atoms with van der Waals surface area (Å²) in [5, 5.41) is 5.79. The number of pyridine rings is 1. The monoisotopic (exact) mass is 306 g/mol. The Balaban J connectivity index is 1.77. The van der Waals surface area contributed by atoms with Gasteiger partial charge in [-0.25, -0.2) is 9.78 Å². The number of anilines is 1. The van der Waals surface area contributed by atoms with Gasteiger partial charge in [0.1, 0.15) is 5.82 Å². The van der Waals surface area contributed by atoms with Gasteiger partial charge in [-0.05, 0) is 25.0 Å². The van der Waals surface area contributed by atoms with E-state index < -0.39 is 0 Å². The molecule has 0 bridgehead atoms. The predicted octanol–water partition coefficient (Wildman–Crippen LogP) is 1.91. The zero-order chi connectivity index (χ0) is 15.8. The molecule has 2 N–H and O–H groups in total. The number of aromatic nitrogens is 1. The van der Waals surface area contributed by atoms with E-state index in [0.717, 1.165) is 50.5 Å². The highest BCUT2D eigenvalue weighted by Crippen LogP contribution is 2.12. The van der Waals surface area contributed by atoms with Crippen molar-refractivity contribution in [1.82, 2.24) is 15.6 Å². The van der Waals surface area contributed by atoms with E-state index in [9.17, 15) is 4.79 Å². The van der Waals surface area contributed by atoms with Crippen LogP contribution in [-0.2, 0) is 11.3 Å². The number of urea groups is 1. The lowest BCUT2D eigenvalue weighted by Crippen LogP contribution is -2.40. The number of morpholine rings is 1. The Morgan fingerprint density at radius 3 is 2.82 bits per heavy atom. The standard InChI is InChI=1S/C16H26N4O2/c1-3-4-13(2)19-16(21)18-12-14-5-6-15(17-11-14)20-7-9-22-10-8-20/h5-6,11,13H,3-4,7-10,12H2,1-2H3,(H2,18,19,21). The van der Waals surface area contributed by atoms with Crippen LogP contribution in [-0.4, -0.2) is 43.4 Å². The first-order valence-electron chi connectivity index (χ1n) is 8.01. The zero-order valence-electron chi connectivity index (χ0n) is 13.5. The van der Waals surface area contributed by atoms with Crippen LogP contribution < -0.4 is 15.5 Å². The maximum atomic E-state index is 11.8. The number of hydrogen-bond acceptors (Lipinski definition) is 4. The van der Waals surface area contributed by atoms with E-state index >= 15 is 0 Å². The number of nitrogens with zero attached hydrogens (tertiary/aromatic N) is 2. The van der Waals surface area contributed by atoms with Crippen molar-refractivity contribution in [1.29, 1.82) is 0 Å². The molecule has 1 aliphatic heterocycles. The summed E-state index contributed by atoms with van der Waals surface area (Å²) in [6, 6.07) is 4.08. The van der Waals surface area contributed by atoms with Crippen molar-refractivity contribution >= 4 is 11.8 Å². The van der Waals surface area contributed by atoms with Crippen LogP contribution in [0.3, 0.4) is 0 Å². The van der Waals surface area contributed by atoms with E-state index in [4.69, 9.17) is 4.74 Å². The molecule has 1 aromatic rings. The fourth-order valence-corrected chi connectivity index (χ4v) is 2.46. The van der Waals surface area contributed by atoms with Gasteiger partial charge >= 0.3 is 6.03 Å². The molecule has 0 aromatic carbocycles. The van der Waals surface area contributed by atoms with E-state index in [0.29, 0.717) is 6.54 Å². The van der Waals surface area contributed by atoms with Gasteiger partial charge in [-0.3, -0.25) is 0 Å². The molecular weight excluding hydrogens is 280 g/mol. The van der Waals surface area contributed by atoms with Gasteiger partial charge in [0.2, 0.25) is 0 Å². The average Bonchev–Trinajstić information content (AvgIpc) is 2.54. The van der Waals surface area contributed by atoms with E-state index in [2.05, 4.69) is 27.4 Å². The topological polar surface area (TPSA) is 66.5 Å². The molecule has 1 atom stereocenters. The van der Waals surface area contributed by atoms with Crippen LogP contribution >= 0.6 is 0 Å². The van der Waals surface area contributed by atoms with Crippen molar-refractivity contribution in [2.45, 2.75) is 39.3 Å². The summed E-state index contributed by atoms with van der Waals surface area (Å²) in [6.07, 6.45) is 3.87. The molecule has 0 spiro atoms. The smallest absolute Gasteiger partial charge is 0.315 e. The summed E-state index contributed by atoms with van der Waals surface area (Å²) in [5.41, 5.74) is 0.996. The lowest BCUT2D eigenvalue weighted by molar-refractivity contribution is 0.122. The van der Waals surface area contributed by atoms with Crippen LogP contribution in [0.5, 0.6) is 0 Å². The summed E-state index contributed by atoms with van der Waals surface area (Å²) in [7, 11) is 0. The molecule has 6 heteroatoms. The summed E-state index contributed by atoms with van der Waals surface area (Å²) in [5.74, 6) is 0.966. The second-order valence-electron chi connectivity index (χ2n) is 5.64. The van der Waals surface area contributed by atoms with Gasteiger partial charge in [0.15, 0.2) is 0 Å². The summed E-state index contributed by atoms with van der Waals surface area (Å²) < 4.78 is 5.33. The Morgan fingerprint density at radius 2 is 2.18 bits per heavy atom. The molecule has 6 nitrogen and oxygen atoms in total. The number of ether oxygens (including phenoxy) is 1. The van der Waals surface area contributed by atoms with Crippen molar-refractivity contribution in [2.24, 2.45) is 0 Å². The Bertz CT molecular complexity index is 458. The summed E-state index contributed by atoms with van der Waals surface area (Å²) in [6.45, 7) is 7.87. The zero-order valence-corrected chi connectivity index (χ0v) is 13.5. The molecule has 1 unspecified atom stereocenters. The van der Waals surface area contributed by atoms with Crippen LogP contribution in [0.15, 0.2) is 18.3 Å². The highest BCUT2D eigenvalue weighted by Gasteiger charge is 2.12. The molecule has 1 saturated heterocycles. The van der Waals surface area contributed by atoms with Crippen molar-refractivity contribution < 1.29 is 9.53 Å². The van der Waals surface area contributed by atoms with Gasteiger partial charge < -0.3 is 20.3 Å².